The fraction of sp³-hybridized carbons (Fsp3) is 0.552. The summed E-state index contributed by atoms with van der Waals surface area (Å²) in [6.07, 6.45) is 3.63. The van der Waals surface area contributed by atoms with E-state index >= 15 is 0 Å². The average Bonchev–Trinajstić information content (AvgIpc) is 3.15. The quantitative estimate of drug-likeness (QED) is 0.135. The molecule has 1 saturated heterocycles. The first-order valence-electron chi connectivity index (χ1n) is 13.5. The lowest BCUT2D eigenvalue weighted by atomic mass is 9.68. The number of hydrogen-bond donors (Lipinski definition) is 5. The summed E-state index contributed by atoms with van der Waals surface area (Å²) in [6, 6.07) is 4.07. The zero-order chi connectivity index (χ0) is 28.7. The van der Waals surface area contributed by atoms with Crippen LogP contribution in [0.1, 0.15) is 63.9 Å². The molecule has 1 aliphatic heterocycles. The predicted molar refractivity (Wildman–Crippen MR) is 141 cm³/mol. The summed E-state index contributed by atoms with van der Waals surface area (Å²) in [5, 5.41) is 49.8. The number of halogens is 1. The Morgan fingerprint density at radius 3 is 2.51 bits per heavy atom. The number of likely N-dealkylation sites (tertiary alicyclic amines) is 1. The van der Waals surface area contributed by atoms with Crippen molar-refractivity contribution in [3.63, 3.8) is 0 Å². The number of carbonyl (C=O) groups is 3. The van der Waals surface area contributed by atoms with Gasteiger partial charge in [-0.2, -0.15) is 0 Å². The monoisotopic (exact) mass is 547 g/mol. The van der Waals surface area contributed by atoms with Crippen molar-refractivity contribution in [3.05, 3.63) is 46.3 Å². The smallest absolute Gasteiger partial charge is 0.303 e. The second-order valence-electron chi connectivity index (χ2n) is 10.3. The summed E-state index contributed by atoms with van der Waals surface area (Å²) in [4.78, 5) is 38.3. The van der Waals surface area contributed by atoms with E-state index in [1.807, 2.05) is 6.92 Å². The van der Waals surface area contributed by atoms with Gasteiger partial charge in [-0.1, -0.05) is 31.1 Å². The molecule has 1 aromatic carbocycles. The third-order valence-corrected chi connectivity index (χ3v) is 7.83. The lowest BCUT2D eigenvalue weighted by molar-refractivity contribution is -0.141. The number of carboxylic acids is 1. The normalized spacial score (nSPS) is 22.4. The number of phenolic OH excluding ortho intramolecular Hbond substituents is 1. The lowest BCUT2D eigenvalue weighted by Gasteiger charge is -2.36. The number of hydrogen-bond acceptors (Lipinski definition) is 7. The number of carbonyl (C=O) groups excluding carboxylic acids is 2. The van der Waals surface area contributed by atoms with Crippen LogP contribution in [-0.2, 0) is 14.4 Å². The first-order valence-corrected chi connectivity index (χ1v) is 13.5. The topological polar surface area (TPSA) is 156 Å². The van der Waals surface area contributed by atoms with Gasteiger partial charge in [0.1, 0.15) is 0 Å². The van der Waals surface area contributed by atoms with E-state index in [4.69, 9.17) is 5.11 Å². The van der Waals surface area contributed by atoms with Crippen molar-refractivity contribution in [2.24, 2.45) is 17.8 Å². The van der Waals surface area contributed by atoms with Crippen LogP contribution in [0.3, 0.4) is 0 Å². The van der Waals surface area contributed by atoms with Crippen LogP contribution in [0.15, 0.2) is 34.9 Å². The molecule has 1 aliphatic carbocycles. The number of allylic oxidation sites excluding steroid dienone is 1. The van der Waals surface area contributed by atoms with E-state index in [0.717, 1.165) is 5.57 Å². The average molecular weight is 548 g/mol. The van der Waals surface area contributed by atoms with E-state index in [0.29, 0.717) is 48.8 Å². The highest BCUT2D eigenvalue weighted by molar-refractivity contribution is 6.05. The van der Waals surface area contributed by atoms with Crippen molar-refractivity contribution in [2.75, 3.05) is 19.8 Å². The van der Waals surface area contributed by atoms with Gasteiger partial charge in [0.2, 0.25) is 11.8 Å². The number of aliphatic hydroxyl groups excluding tert-OH is 3. The number of rotatable bonds is 14. The van der Waals surface area contributed by atoms with Gasteiger partial charge in [-0.05, 0) is 67.4 Å². The summed E-state index contributed by atoms with van der Waals surface area (Å²) >= 11 is 0. The Morgan fingerprint density at radius 1 is 1.15 bits per heavy atom. The van der Waals surface area contributed by atoms with Crippen LogP contribution in [0, 0.1) is 23.6 Å². The van der Waals surface area contributed by atoms with E-state index in [2.05, 4.69) is 0 Å². The first-order chi connectivity index (χ1) is 18.6. The Labute approximate surface area is 227 Å². The Balaban J connectivity index is 1.73. The molecule has 9 nitrogen and oxygen atoms in total. The number of aliphatic carboxylic acids is 1. The third kappa shape index (κ3) is 7.12. The summed E-state index contributed by atoms with van der Waals surface area (Å²) in [6.45, 7) is 1.21. The molecule has 4 atom stereocenters. The number of unbranched alkanes of at least 4 members (excludes halogenated alkanes) is 2. The molecule has 0 spiro atoms. The zero-order valence-electron chi connectivity index (χ0n) is 22.2. The predicted octanol–water partition coefficient (Wildman–Crippen LogP) is 3.01. The minimum Gasteiger partial charge on any atom is -0.505 e. The second-order valence-corrected chi connectivity index (χ2v) is 10.3. The van der Waals surface area contributed by atoms with Gasteiger partial charge in [-0.3, -0.25) is 19.3 Å². The maximum absolute atomic E-state index is 13.7. The fourth-order valence-corrected chi connectivity index (χ4v) is 5.79. The van der Waals surface area contributed by atoms with Crippen LogP contribution in [0.2, 0.25) is 0 Å². The molecule has 2 amide bonds. The maximum atomic E-state index is 13.7. The minimum absolute atomic E-state index is 0.0194. The highest BCUT2D eigenvalue weighted by atomic mass is 19.1. The number of aromatic hydroxyl groups is 1. The van der Waals surface area contributed by atoms with Gasteiger partial charge in [0, 0.05) is 18.9 Å². The van der Waals surface area contributed by atoms with E-state index in [9.17, 15) is 39.2 Å². The molecule has 2 aliphatic rings. The van der Waals surface area contributed by atoms with E-state index < -0.39 is 60.5 Å². The van der Waals surface area contributed by atoms with E-state index in [-0.39, 0.29) is 31.7 Å². The molecule has 0 unspecified atom stereocenters. The zero-order valence-corrected chi connectivity index (χ0v) is 22.2. The molecule has 3 rings (SSSR count). The van der Waals surface area contributed by atoms with Crippen LogP contribution >= 0.6 is 0 Å². The summed E-state index contributed by atoms with van der Waals surface area (Å²) in [5.41, 5.74) is 2.34. The van der Waals surface area contributed by atoms with Gasteiger partial charge < -0.3 is 25.5 Å². The number of imide groups is 1. The molecule has 0 aromatic heterocycles. The largest absolute Gasteiger partial charge is 0.505 e. The SMILES string of the molecule is CC/C(=C\c1ccc(O)c(F)c1)CC[C@@H](O)C1=C(CO)C[C@H]2C(=O)N(CCCCCC(=O)O)C(=O)[C@H]2[C@H]1CO. The van der Waals surface area contributed by atoms with Gasteiger partial charge >= 0.3 is 5.97 Å². The number of amides is 2. The van der Waals surface area contributed by atoms with Crippen molar-refractivity contribution in [1.82, 2.24) is 4.90 Å². The van der Waals surface area contributed by atoms with Crippen LogP contribution in [-0.4, -0.2) is 74.1 Å². The number of nitrogens with zero attached hydrogens (tertiary/aromatic N) is 1. The Bertz CT molecular complexity index is 1130. The molecule has 1 fully saturated rings. The van der Waals surface area contributed by atoms with Gasteiger partial charge in [0.05, 0.1) is 31.2 Å². The summed E-state index contributed by atoms with van der Waals surface area (Å²) in [5.74, 6) is -5.20. The molecule has 10 heteroatoms. The molecular formula is C29H38FNO8. The molecular weight excluding hydrogens is 509 g/mol. The Hall–Kier alpha value is -3.08. The standard InChI is InChI=1S/C29H38FNO8/c1-2-17(12-18-8-9-23(34)22(30)13-18)7-10-24(35)26-19(15-32)14-20-27(21(26)16-33)29(39)31(28(20)38)11-5-3-4-6-25(36)37/h8-9,12-13,20-21,24,27,32-35H,2-7,10-11,14-16H2,1H3,(H,36,37)/b17-12+/t20-,21+,24-,27-/m1/s1. The van der Waals surface area contributed by atoms with Crippen LogP contribution in [0.25, 0.3) is 6.08 Å². The van der Waals surface area contributed by atoms with E-state index in [1.165, 1.54) is 17.0 Å². The lowest BCUT2D eigenvalue weighted by Crippen LogP contribution is -2.39. The Morgan fingerprint density at radius 2 is 1.90 bits per heavy atom. The van der Waals surface area contributed by atoms with Crippen molar-refractivity contribution < 1.29 is 44.3 Å². The van der Waals surface area contributed by atoms with Crippen LogP contribution in [0.5, 0.6) is 5.75 Å². The van der Waals surface area contributed by atoms with Crippen LogP contribution < -0.4 is 0 Å². The third-order valence-electron chi connectivity index (χ3n) is 7.83. The molecule has 0 radical (unpaired) electrons. The number of aliphatic hydroxyl groups is 3. The van der Waals surface area contributed by atoms with Gasteiger partial charge in [0.25, 0.3) is 0 Å². The van der Waals surface area contributed by atoms with Gasteiger partial charge in [0.15, 0.2) is 11.6 Å². The fourth-order valence-electron chi connectivity index (χ4n) is 5.79. The molecule has 0 saturated carbocycles. The molecule has 214 valence electrons. The minimum atomic E-state index is -1.07. The highest BCUT2D eigenvalue weighted by Gasteiger charge is 2.54. The number of phenols is 1. The van der Waals surface area contributed by atoms with Gasteiger partial charge in [-0.25, -0.2) is 4.39 Å². The molecule has 1 heterocycles. The van der Waals surface area contributed by atoms with Crippen molar-refractivity contribution >= 4 is 23.9 Å². The van der Waals surface area contributed by atoms with Crippen molar-refractivity contribution in [2.45, 2.75) is 64.4 Å². The molecule has 5 N–H and O–H groups in total. The molecule has 0 bridgehead atoms. The molecule has 39 heavy (non-hydrogen) atoms. The van der Waals surface area contributed by atoms with E-state index in [1.54, 1.807) is 12.1 Å². The Kier molecular flexibility index (Phi) is 10.8. The van der Waals surface area contributed by atoms with Crippen molar-refractivity contribution in [3.8, 4) is 5.75 Å². The summed E-state index contributed by atoms with van der Waals surface area (Å²) < 4.78 is 13.7. The second kappa shape index (κ2) is 13.8. The number of carboxylic acid groups (broad SMARTS) is 1. The van der Waals surface area contributed by atoms with Gasteiger partial charge in [-0.15, -0.1) is 0 Å². The summed E-state index contributed by atoms with van der Waals surface area (Å²) in [7, 11) is 0. The number of benzene rings is 1. The van der Waals surface area contributed by atoms with Crippen LogP contribution in [0.4, 0.5) is 4.39 Å². The molecule has 1 aromatic rings. The first kappa shape index (κ1) is 30.5. The maximum Gasteiger partial charge on any atom is 0.303 e. The number of fused-ring (bicyclic) bond motifs is 1. The van der Waals surface area contributed by atoms with Crippen molar-refractivity contribution in [1.29, 1.82) is 0 Å². The highest BCUT2D eigenvalue weighted by Crippen LogP contribution is 2.46.